The molecule has 138 valence electrons. The van der Waals surface area contributed by atoms with Crippen LogP contribution in [-0.2, 0) is 9.53 Å². The molecule has 6 nitrogen and oxygen atoms in total. The summed E-state index contributed by atoms with van der Waals surface area (Å²) >= 11 is 0. The van der Waals surface area contributed by atoms with Crippen molar-refractivity contribution in [1.82, 2.24) is 5.32 Å². The van der Waals surface area contributed by atoms with Gasteiger partial charge in [-0.05, 0) is 33.3 Å². The highest BCUT2D eigenvalue weighted by Gasteiger charge is 2.21. The second-order valence-electron chi connectivity index (χ2n) is 6.26. The van der Waals surface area contributed by atoms with Crippen LogP contribution in [0, 0.1) is 20.8 Å². The zero-order valence-corrected chi connectivity index (χ0v) is 15.6. The number of ether oxygens (including phenoxy) is 1. The molecule has 1 aromatic heterocycles. The van der Waals surface area contributed by atoms with Crippen molar-refractivity contribution in [3.63, 3.8) is 0 Å². The SMILES string of the molecule is CC(=O)NC(C)c1ccc(C(=O)COC(=O)c2c(C)oc(C)c2C)cc1. The third-order valence-corrected chi connectivity index (χ3v) is 4.25. The average Bonchev–Trinajstić information content (AvgIpc) is 2.84. The van der Waals surface area contributed by atoms with E-state index in [1.165, 1.54) is 6.92 Å². The molecule has 2 rings (SSSR count). The number of nitrogens with one attached hydrogen (secondary N) is 1. The van der Waals surface area contributed by atoms with Gasteiger partial charge in [0.2, 0.25) is 5.91 Å². The van der Waals surface area contributed by atoms with E-state index in [4.69, 9.17) is 9.15 Å². The first-order valence-corrected chi connectivity index (χ1v) is 8.34. The van der Waals surface area contributed by atoms with E-state index in [1.807, 2.05) is 6.92 Å². The number of Topliss-reactive ketones (excluding diaryl/α,β-unsaturated/α-hetero) is 1. The van der Waals surface area contributed by atoms with Crippen LogP contribution in [0.5, 0.6) is 0 Å². The Morgan fingerprint density at radius 3 is 2.19 bits per heavy atom. The Bertz CT molecular complexity index is 833. The van der Waals surface area contributed by atoms with Crippen molar-refractivity contribution >= 4 is 17.7 Å². The summed E-state index contributed by atoms with van der Waals surface area (Å²) in [7, 11) is 0. The summed E-state index contributed by atoms with van der Waals surface area (Å²) in [6, 6.07) is 6.70. The van der Waals surface area contributed by atoms with Crippen LogP contribution in [-0.4, -0.2) is 24.3 Å². The summed E-state index contributed by atoms with van der Waals surface area (Å²) < 4.78 is 10.5. The molecule has 1 heterocycles. The molecule has 0 bridgehead atoms. The second kappa shape index (κ2) is 7.99. The highest BCUT2D eigenvalue weighted by molar-refractivity contribution is 6.00. The van der Waals surface area contributed by atoms with Gasteiger partial charge in [0.1, 0.15) is 17.1 Å². The van der Waals surface area contributed by atoms with Crippen LogP contribution in [0.4, 0.5) is 0 Å². The third-order valence-electron chi connectivity index (χ3n) is 4.25. The molecule has 0 aliphatic rings. The van der Waals surface area contributed by atoms with Gasteiger partial charge >= 0.3 is 5.97 Å². The number of rotatable bonds is 6. The zero-order chi connectivity index (χ0) is 19.4. The smallest absolute Gasteiger partial charge is 0.342 e. The predicted molar refractivity (Wildman–Crippen MR) is 96.2 cm³/mol. The van der Waals surface area contributed by atoms with Crippen LogP contribution in [0.2, 0.25) is 0 Å². The number of hydrogen-bond donors (Lipinski definition) is 1. The number of benzene rings is 1. The lowest BCUT2D eigenvalue weighted by molar-refractivity contribution is -0.119. The van der Waals surface area contributed by atoms with Crippen molar-refractivity contribution in [3.05, 3.63) is 58.0 Å². The fourth-order valence-corrected chi connectivity index (χ4v) is 2.73. The molecule has 1 N–H and O–H groups in total. The largest absolute Gasteiger partial charge is 0.465 e. The van der Waals surface area contributed by atoms with Crippen molar-refractivity contribution in [2.75, 3.05) is 6.61 Å². The van der Waals surface area contributed by atoms with E-state index in [1.54, 1.807) is 45.0 Å². The molecule has 0 aliphatic heterocycles. The Morgan fingerprint density at radius 1 is 1.08 bits per heavy atom. The molecule has 6 heteroatoms. The van der Waals surface area contributed by atoms with Crippen molar-refractivity contribution in [1.29, 1.82) is 0 Å². The number of furan rings is 1. The Balaban J connectivity index is 1.99. The first kappa shape index (κ1) is 19.4. The monoisotopic (exact) mass is 357 g/mol. The number of aryl methyl sites for hydroxylation is 2. The molecule has 2 aromatic rings. The van der Waals surface area contributed by atoms with Gasteiger partial charge in [0, 0.05) is 18.1 Å². The van der Waals surface area contributed by atoms with Crippen molar-refractivity contribution in [2.45, 2.75) is 40.7 Å². The topological polar surface area (TPSA) is 85.6 Å². The van der Waals surface area contributed by atoms with Crippen LogP contribution in [0.1, 0.15) is 63.3 Å². The minimum atomic E-state index is -0.568. The van der Waals surface area contributed by atoms with E-state index in [0.717, 1.165) is 11.1 Å². The molecular formula is C20H23NO5. The predicted octanol–water partition coefficient (Wildman–Crippen LogP) is 3.44. The van der Waals surface area contributed by atoms with Crippen LogP contribution >= 0.6 is 0 Å². The van der Waals surface area contributed by atoms with Gasteiger partial charge < -0.3 is 14.5 Å². The van der Waals surface area contributed by atoms with E-state index < -0.39 is 5.97 Å². The molecule has 1 aromatic carbocycles. The molecule has 1 atom stereocenters. The maximum absolute atomic E-state index is 12.2. The Morgan fingerprint density at radius 2 is 1.69 bits per heavy atom. The lowest BCUT2D eigenvalue weighted by atomic mass is 10.0. The van der Waals surface area contributed by atoms with Gasteiger partial charge in [0.25, 0.3) is 0 Å². The second-order valence-corrected chi connectivity index (χ2v) is 6.26. The number of amides is 1. The summed E-state index contributed by atoms with van der Waals surface area (Å²) in [5.74, 6) is 0.150. The maximum Gasteiger partial charge on any atom is 0.342 e. The van der Waals surface area contributed by atoms with Crippen LogP contribution in [0.15, 0.2) is 28.7 Å². The maximum atomic E-state index is 12.2. The van der Waals surface area contributed by atoms with Gasteiger partial charge in [-0.3, -0.25) is 9.59 Å². The molecule has 0 saturated heterocycles. The lowest BCUT2D eigenvalue weighted by Gasteiger charge is -2.13. The zero-order valence-electron chi connectivity index (χ0n) is 15.6. The van der Waals surface area contributed by atoms with Gasteiger partial charge in [-0.15, -0.1) is 0 Å². The number of hydrogen-bond acceptors (Lipinski definition) is 5. The van der Waals surface area contributed by atoms with Gasteiger partial charge in [-0.1, -0.05) is 24.3 Å². The summed E-state index contributed by atoms with van der Waals surface area (Å²) in [4.78, 5) is 35.5. The highest BCUT2D eigenvalue weighted by Crippen LogP contribution is 2.21. The fourth-order valence-electron chi connectivity index (χ4n) is 2.73. The first-order valence-electron chi connectivity index (χ1n) is 8.34. The van der Waals surface area contributed by atoms with E-state index in [-0.39, 0.29) is 24.3 Å². The number of carbonyl (C=O) groups is 3. The Kier molecular flexibility index (Phi) is 5.97. The van der Waals surface area contributed by atoms with Gasteiger partial charge in [-0.25, -0.2) is 4.79 Å². The molecule has 0 saturated carbocycles. The van der Waals surface area contributed by atoms with E-state index in [0.29, 0.717) is 22.6 Å². The van der Waals surface area contributed by atoms with Gasteiger partial charge in [-0.2, -0.15) is 0 Å². The van der Waals surface area contributed by atoms with Gasteiger partial charge in [0.15, 0.2) is 12.4 Å². The van der Waals surface area contributed by atoms with Crippen LogP contribution < -0.4 is 5.32 Å². The molecule has 0 aliphatic carbocycles. The van der Waals surface area contributed by atoms with Crippen LogP contribution in [0.25, 0.3) is 0 Å². The van der Waals surface area contributed by atoms with E-state index in [2.05, 4.69) is 5.32 Å². The van der Waals surface area contributed by atoms with E-state index in [9.17, 15) is 14.4 Å². The summed E-state index contributed by atoms with van der Waals surface area (Å²) in [6.45, 7) is 8.20. The minimum absolute atomic E-state index is 0.121. The molecule has 0 fully saturated rings. The fraction of sp³-hybridized carbons (Fsp3) is 0.350. The van der Waals surface area contributed by atoms with Crippen molar-refractivity contribution in [2.24, 2.45) is 0 Å². The number of carbonyl (C=O) groups excluding carboxylic acids is 3. The lowest BCUT2D eigenvalue weighted by Crippen LogP contribution is -2.23. The highest BCUT2D eigenvalue weighted by atomic mass is 16.5. The molecule has 1 amide bonds. The molecule has 26 heavy (non-hydrogen) atoms. The van der Waals surface area contributed by atoms with Crippen molar-refractivity contribution in [3.8, 4) is 0 Å². The molecule has 0 spiro atoms. The quantitative estimate of drug-likeness (QED) is 0.632. The summed E-state index contributed by atoms with van der Waals surface area (Å²) in [5, 5.41) is 2.78. The summed E-state index contributed by atoms with van der Waals surface area (Å²) in [5.41, 5.74) is 2.41. The molecular weight excluding hydrogens is 334 g/mol. The number of esters is 1. The van der Waals surface area contributed by atoms with Gasteiger partial charge in [0.05, 0.1) is 6.04 Å². The molecule has 1 unspecified atom stereocenters. The summed E-state index contributed by atoms with van der Waals surface area (Å²) in [6.07, 6.45) is 0. The van der Waals surface area contributed by atoms with Crippen LogP contribution in [0.3, 0.4) is 0 Å². The first-order chi connectivity index (χ1) is 12.2. The van der Waals surface area contributed by atoms with E-state index >= 15 is 0 Å². The van der Waals surface area contributed by atoms with Crippen molar-refractivity contribution < 1.29 is 23.5 Å². The molecule has 0 radical (unpaired) electrons. The normalized spacial score (nSPS) is 11.7. The average molecular weight is 357 g/mol. The number of ketones is 1. The minimum Gasteiger partial charge on any atom is -0.465 e. The Hall–Kier alpha value is -2.89. The Labute approximate surface area is 152 Å². The third kappa shape index (κ3) is 4.39. The standard InChI is InChI=1S/C20H23NO5/c1-11-13(3)26-14(4)19(11)20(24)25-10-18(23)17-8-6-16(7-9-17)12(2)21-15(5)22/h6-9,12H,10H2,1-5H3,(H,21,22).